The second-order valence-corrected chi connectivity index (χ2v) is 4.62. The molecule has 2 unspecified atom stereocenters. The molecule has 4 nitrogen and oxygen atoms in total. The van der Waals surface area contributed by atoms with Gasteiger partial charge in [0.05, 0.1) is 6.54 Å². The summed E-state index contributed by atoms with van der Waals surface area (Å²) in [6.07, 6.45) is 2.43. The Balaban J connectivity index is 3.55. The van der Waals surface area contributed by atoms with Gasteiger partial charge in [-0.2, -0.15) is 0 Å². The van der Waals surface area contributed by atoms with E-state index >= 15 is 0 Å². The molecule has 0 radical (unpaired) electrons. The summed E-state index contributed by atoms with van der Waals surface area (Å²) >= 11 is 0. The smallest absolute Gasteiger partial charge is 0.234 e. The van der Waals surface area contributed by atoms with Gasteiger partial charge in [-0.05, 0) is 20.4 Å². The van der Waals surface area contributed by atoms with E-state index in [4.69, 9.17) is 0 Å². The lowest BCUT2D eigenvalue weighted by atomic mass is 10.2. The molecule has 0 aromatic rings. The van der Waals surface area contributed by atoms with Crippen LogP contribution in [0.4, 0.5) is 0 Å². The highest BCUT2D eigenvalue weighted by Crippen LogP contribution is 1.91. The van der Waals surface area contributed by atoms with E-state index in [1.807, 2.05) is 6.92 Å². The Morgan fingerprint density at radius 2 is 2.15 bits per heavy atom. The first-order valence-electron chi connectivity index (χ1n) is 4.30. The average molecular weight is 206 g/mol. The third kappa shape index (κ3) is 7.93. The van der Waals surface area contributed by atoms with E-state index in [9.17, 15) is 9.00 Å². The second-order valence-electron chi connectivity index (χ2n) is 3.06. The Morgan fingerprint density at radius 1 is 1.54 bits per heavy atom. The summed E-state index contributed by atoms with van der Waals surface area (Å²) < 4.78 is 10.7. The Morgan fingerprint density at radius 3 is 2.62 bits per heavy atom. The van der Waals surface area contributed by atoms with Crippen LogP contribution in [0.25, 0.3) is 0 Å². The summed E-state index contributed by atoms with van der Waals surface area (Å²) in [6, 6.07) is 0.102. The Bertz CT molecular complexity index is 185. The van der Waals surface area contributed by atoms with E-state index in [1.54, 1.807) is 13.3 Å². The first kappa shape index (κ1) is 12.6. The Hall–Kier alpha value is -0.420. The topological polar surface area (TPSA) is 58.2 Å². The Kier molecular flexibility index (Phi) is 6.80. The molecule has 0 spiro atoms. The van der Waals surface area contributed by atoms with Gasteiger partial charge in [-0.3, -0.25) is 9.00 Å². The first-order chi connectivity index (χ1) is 6.06. The summed E-state index contributed by atoms with van der Waals surface area (Å²) in [6.45, 7) is 2.25. The van der Waals surface area contributed by atoms with Crippen molar-refractivity contribution in [2.75, 3.05) is 25.6 Å². The molecular weight excluding hydrogens is 188 g/mol. The normalized spacial score (nSPS) is 15.0. The van der Waals surface area contributed by atoms with Crippen LogP contribution in [-0.2, 0) is 15.6 Å². The van der Waals surface area contributed by atoms with Gasteiger partial charge in [0.25, 0.3) is 0 Å². The number of rotatable bonds is 6. The summed E-state index contributed by atoms with van der Waals surface area (Å²) in [5.41, 5.74) is 0. The fourth-order valence-corrected chi connectivity index (χ4v) is 1.59. The summed E-state index contributed by atoms with van der Waals surface area (Å²) in [7, 11) is 0.956. The first-order valence-corrected chi connectivity index (χ1v) is 6.03. The monoisotopic (exact) mass is 206 g/mol. The standard InChI is InChI=1S/C8H18N2O2S/c1-7(4-5-13(3)12)10-8(11)6-9-2/h7,9H,4-6H2,1-3H3,(H,10,11). The molecule has 1 amide bonds. The summed E-state index contributed by atoms with van der Waals surface area (Å²) in [4.78, 5) is 11.0. The molecular formula is C8H18N2O2S. The van der Waals surface area contributed by atoms with Crippen LogP contribution in [0, 0.1) is 0 Å². The number of carbonyl (C=O) groups excluding carboxylic acids is 1. The van der Waals surface area contributed by atoms with Crippen molar-refractivity contribution in [2.45, 2.75) is 19.4 Å². The maximum Gasteiger partial charge on any atom is 0.234 e. The third-order valence-corrected chi connectivity index (χ3v) is 2.39. The van der Waals surface area contributed by atoms with Gasteiger partial charge in [0.2, 0.25) is 5.91 Å². The molecule has 78 valence electrons. The van der Waals surface area contributed by atoms with Crippen LogP contribution in [0.2, 0.25) is 0 Å². The van der Waals surface area contributed by atoms with Gasteiger partial charge in [0.1, 0.15) is 0 Å². The summed E-state index contributed by atoms with van der Waals surface area (Å²) in [5, 5.41) is 5.57. The SMILES string of the molecule is CNCC(=O)NC(C)CCS(C)=O. The minimum Gasteiger partial charge on any atom is -0.353 e. The molecule has 0 fully saturated rings. The molecule has 2 atom stereocenters. The molecule has 5 heteroatoms. The predicted molar refractivity (Wildman–Crippen MR) is 55.1 cm³/mol. The van der Waals surface area contributed by atoms with Gasteiger partial charge in [-0.15, -0.1) is 0 Å². The van der Waals surface area contributed by atoms with Crippen LogP contribution in [0.5, 0.6) is 0 Å². The molecule has 0 saturated carbocycles. The largest absolute Gasteiger partial charge is 0.353 e. The Labute approximate surface area is 81.9 Å². The quantitative estimate of drug-likeness (QED) is 0.615. The zero-order valence-corrected chi connectivity index (χ0v) is 9.24. The van der Waals surface area contributed by atoms with E-state index in [0.29, 0.717) is 12.3 Å². The van der Waals surface area contributed by atoms with Crippen molar-refractivity contribution in [1.29, 1.82) is 0 Å². The van der Waals surface area contributed by atoms with Crippen molar-refractivity contribution in [3.05, 3.63) is 0 Å². The van der Waals surface area contributed by atoms with Crippen LogP contribution in [0.3, 0.4) is 0 Å². The number of hydrogen-bond acceptors (Lipinski definition) is 3. The second kappa shape index (κ2) is 7.03. The van der Waals surface area contributed by atoms with E-state index < -0.39 is 10.8 Å². The molecule has 0 aromatic heterocycles. The van der Waals surface area contributed by atoms with Crippen LogP contribution in [-0.4, -0.2) is 41.8 Å². The average Bonchev–Trinajstić information content (AvgIpc) is 2.01. The van der Waals surface area contributed by atoms with Crippen molar-refractivity contribution in [3.8, 4) is 0 Å². The lowest BCUT2D eigenvalue weighted by Gasteiger charge is -2.12. The molecule has 0 heterocycles. The van der Waals surface area contributed by atoms with Gasteiger partial charge in [0, 0.05) is 28.9 Å². The van der Waals surface area contributed by atoms with E-state index in [1.165, 1.54) is 0 Å². The van der Waals surface area contributed by atoms with Crippen molar-refractivity contribution in [2.24, 2.45) is 0 Å². The highest BCUT2D eigenvalue weighted by molar-refractivity contribution is 7.84. The highest BCUT2D eigenvalue weighted by atomic mass is 32.2. The number of nitrogens with one attached hydrogen (secondary N) is 2. The highest BCUT2D eigenvalue weighted by Gasteiger charge is 2.06. The van der Waals surface area contributed by atoms with E-state index in [-0.39, 0.29) is 11.9 Å². The van der Waals surface area contributed by atoms with Crippen molar-refractivity contribution in [3.63, 3.8) is 0 Å². The molecule has 13 heavy (non-hydrogen) atoms. The third-order valence-electron chi connectivity index (χ3n) is 1.58. The number of likely N-dealkylation sites (N-methyl/N-ethyl adjacent to an activating group) is 1. The van der Waals surface area contributed by atoms with Crippen molar-refractivity contribution < 1.29 is 9.00 Å². The lowest BCUT2D eigenvalue weighted by Crippen LogP contribution is -2.38. The van der Waals surface area contributed by atoms with Crippen LogP contribution >= 0.6 is 0 Å². The molecule has 0 rings (SSSR count). The van der Waals surface area contributed by atoms with Gasteiger partial charge in [-0.1, -0.05) is 0 Å². The maximum atomic E-state index is 11.0. The van der Waals surface area contributed by atoms with E-state index in [2.05, 4.69) is 10.6 Å². The molecule has 2 N–H and O–H groups in total. The molecule has 0 aromatic carbocycles. The fourth-order valence-electron chi connectivity index (χ4n) is 0.901. The fraction of sp³-hybridized carbons (Fsp3) is 0.875. The number of amides is 1. The summed E-state index contributed by atoms with van der Waals surface area (Å²) in [5.74, 6) is 0.623. The minimum atomic E-state index is -0.772. The number of carbonyl (C=O) groups is 1. The van der Waals surface area contributed by atoms with Gasteiger partial charge >= 0.3 is 0 Å². The van der Waals surface area contributed by atoms with E-state index in [0.717, 1.165) is 6.42 Å². The predicted octanol–water partition coefficient (Wildman–Crippen LogP) is -0.521. The van der Waals surface area contributed by atoms with Crippen molar-refractivity contribution >= 4 is 16.7 Å². The van der Waals surface area contributed by atoms with Gasteiger partial charge in [-0.25, -0.2) is 0 Å². The van der Waals surface area contributed by atoms with Crippen molar-refractivity contribution in [1.82, 2.24) is 10.6 Å². The number of hydrogen-bond donors (Lipinski definition) is 2. The molecule has 0 aliphatic heterocycles. The molecule has 0 bridgehead atoms. The zero-order chi connectivity index (χ0) is 10.3. The molecule has 0 saturated heterocycles. The zero-order valence-electron chi connectivity index (χ0n) is 8.42. The van der Waals surface area contributed by atoms with Crippen LogP contribution in [0.15, 0.2) is 0 Å². The van der Waals surface area contributed by atoms with Gasteiger partial charge in [0.15, 0.2) is 0 Å². The van der Waals surface area contributed by atoms with Crippen LogP contribution in [0.1, 0.15) is 13.3 Å². The minimum absolute atomic E-state index is 0.0168. The molecule has 0 aliphatic rings. The molecule has 0 aliphatic carbocycles. The van der Waals surface area contributed by atoms with Gasteiger partial charge < -0.3 is 10.6 Å². The van der Waals surface area contributed by atoms with Crippen LogP contribution < -0.4 is 10.6 Å². The lowest BCUT2D eigenvalue weighted by molar-refractivity contribution is -0.120. The maximum absolute atomic E-state index is 11.0.